The van der Waals surface area contributed by atoms with Gasteiger partial charge in [-0.1, -0.05) is 212 Å². The molecule has 6 heteroatoms. The Morgan fingerprint density at radius 1 is 0.357 bits per heavy atom. The zero-order chi connectivity index (χ0) is 40.8. The van der Waals surface area contributed by atoms with Crippen molar-refractivity contribution in [1.82, 2.24) is 0 Å². The highest BCUT2D eigenvalue weighted by molar-refractivity contribution is 5.71. The predicted molar refractivity (Wildman–Crippen MR) is 238 cm³/mol. The van der Waals surface area contributed by atoms with Crippen LogP contribution in [-0.4, -0.2) is 37.2 Å². The number of hydrogen-bond donors (Lipinski definition) is 0. The van der Waals surface area contributed by atoms with Gasteiger partial charge < -0.3 is 14.2 Å². The standard InChI is InChI=1S/C50H92O6/c1-4-7-10-13-15-17-19-21-22-23-24-25-26-27-28-29-31-32-34-37-40-43-49(52)55-46-47(45-54-48(51)42-39-36-12-9-6-3)56-50(53)44-41-38-35-33-30-20-18-16-14-11-8-5-2/h19,21,23-24,47H,4-18,20,22,25-46H2,1-3H3/b21-19-,24-23-. The summed E-state index contributed by atoms with van der Waals surface area (Å²) in [6.45, 7) is 6.55. The van der Waals surface area contributed by atoms with Gasteiger partial charge in [-0.3, -0.25) is 14.4 Å². The maximum atomic E-state index is 12.7. The molecule has 0 bridgehead atoms. The number of allylic oxidation sites excluding steroid dienone is 4. The molecule has 1 unspecified atom stereocenters. The number of carbonyl (C=O) groups is 3. The van der Waals surface area contributed by atoms with Crippen LogP contribution >= 0.6 is 0 Å². The Bertz CT molecular complexity index is 911. The Balaban J connectivity index is 4.11. The van der Waals surface area contributed by atoms with E-state index in [0.29, 0.717) is 19.3 Å². The molecule has 6 nitrogen and oxygen atoms in total. The van der Waals surface area contributed by atoms with E-state index in [0.717, 1.165) is 70.6 Å². The van der Waals surface area contributed by atoms with E-state index >= 15 is 0 Å². The SMILES string of the molecule is CCCCCCC/C=C\C/C=C\CCCCCCCCCCCC(=O)OCC(COC(=O)CCCCCCC)OC(=O)CCCCCCCCCCCCCC. The van der Waals surface area contributed by atoms with Crippen molar-refractivity contribution in [3.8, 4) is 0 Å². The fraction of sp³-hybridized carbons (Fsp3) is 0.860. The molecule has 0 radical (unpaired) electrons. The predicted octanol–water partition coefficient (Wildman–Crippen LogP) is 15.6. The minimum Gasteiger partial charge on any atom is -0.462 e. The van der Waals surface area contributed by atoms with Crippen LogP contribution in [-0.2, 0) is 28.6 Å². The summed E-state index contributed by atoms with van der Waals surface area (Å²) < 4.78 is 16.6. The number of ether oxygens (including phenoxy) is 3. The largest absolute Gasteiger partial charge is 0.462 e. The molecule has 0 rings (SSSR count). The number of unbranched alkanes of at least 4 members (excludes halogenated alkanes) is 29. The van der Waals surface area contributed by atoms with Gasteiger partial charge in [-0.2, -0.15) is 0 Å². The van der Waals surface area contributed by atoms with Gasteiger partial charge in [0, 0.05) is 19.3 Å². The lowest BCUT2D eigenvalue weighted by Gasteiger charge is -2.18. The molecule has 0 aromatic heterocycles. The molecule has 0 aromatic rings. The molecule has 0 aliphatic heterocycles. The molecule has 56 heavy (non-hydrogen) atoms. The summed E-state index contributed by atoms with van der Waals surface area (Å²) >= 11 is 0. The highest BCUT2D eigenvalue weighted by atomic mass is 16.6. The van der Waals surface area contributed by atoms with Gasteiger partial charge in [0.15, 0.2) is 6.10 Å². The van der Waals surface area contributed by atoms with E-state index in [1.54, 1.807) is 0 Å². The van der Waals surface area contributed by atoms with Crippen molar-refractivity contribution >= 4 is 17.9 Å². The van der Waals surface area contributed by atoms with Crippen LogP contribution in [0.3, 0.4) is 0 Å². The molecule has 1 atom stereocenters. The van der Waals surface area contributed by atoms with Crippen LogP contribution in [0.2, 0.25) is 0 Å². The van der Waals surface area contributed by atoms with Crippen LogP contribution in [0, 0.1) is 0 Å². The monoisotopic (exact) mass is 789 g/mol. The minimum atomic E-state index is -0.763. The van der Waals surface area contributed by atoms with E-state index in [1.807, 2.05) is 0 Å². The van der Waals surface area contributed by atoms with Crippen molar-refractivity contribution in [3.05, 3.63) is 24.3 Å². The van der Waals surface area contributed by atoms with Crippen LogP contribution < -0.4 is 0 Å². The highest BCUT2D eigenvalue weighted by Crippen LogP contribution is 2.15. The summed E-state index contributed by atoms with van der Waals surface area (Å²) in [4.78, 5) is 37.5. The molecule has 0 N–H and O–H groups in total. The average molecular weight is 789 g/mol. The third-order valence-electron chi connectivity index (χ3n) is 10.7. The van der Waals surface area contributed by atoms with Gasteiger partial charge >= 0.3 is 17.9 Å². The summed E-state index contributed by atoms with van der Waals surface area (Å²) in [5, 5.41) is 0. The van der Waals surface area contributed by atoms with E-state index in [4.69, 9.17) is 14.2 Å². The van der Waals surface area contributed by atoms with Crippen LogP contribution in [0.15, 0.2) is 24.3 Å². The van der Waals surface area contributed by atoms with E-state index in [1.165, 1.54) is 148 Å². The van der Waals surface area contributed by atoms with E-state index in [-0.39, 0.29) is 31.1 Å². The van der Waals surface area contributed by atoms with E-state index in [9.17, 15) is 14.4 Å². The number of rotatable bonds is 44. The topological polar surface area (TPSA) is 78.9 Å². The van der Waals surface area contributed by atoms with Crippen molar-refractivity contribution in [2.24, 2.45) is 0 Å². The zero-order valence-electron chi connectivity index (χ0n) is 37.4. The van der Waals surface area contributed by atoms with E-state index in [2.05, 4.69) is 45.1 Å². The second-order valence-electron chi connectivity index (χ2n) is 16.4. The van der Waals surface area contributed by atoms with Crippen molar-refractivity contribution in [1.29, 1.82) is 0 Å². The molecular weight excluding hydrogens is 697 g/mol. The van der Waals surface area contributed by atoms with Gasteiger partial charge in [0.05, 0.1) is 0 Å². The molecule has 0 fully saturated rings. The van der Waals surface area contributed by atoms with Crippen LogP contribution in [0.4, 0.5) is 0 Å². The third-order valence-corrected chi connectivity index (χ3v) is 10.7. The van der Waals surface area contributed by atoms with Crippen molar-refractivity contribution in [2.45, 2.75) is 264 Å². The molecule has 0 spiro atoms. The van der Waals surface area contributed by atoms with Gasteiger partial charge in [0.2, 0.25) is 0 Å². The van der Waals surface area contributed by atoms with Crippen LogP contribution in [0.1, 0.15) is 258 Å². The molecule has 0 aliphatic rings. The van der Waals surface area contributed by atoms with Crippen molar-refractivity contribution in [3.63, 3.8) is 0 Å². The van der Waals surface area contributed by atoms with Gasteiger partial charge in [-0.25, -0.2) is 0 Å². The Hall–Kier alpha value is -2.11. The number of carbonyl (C=O) groups excluding carboxylic acids is 3. The molecule has 0 saturated heterocycles. The lowest BCUT2D eigenvalue weighted by Crippen LogP contribution is -2.30. The fourth-order valence-electron chi connectivity index (χ4n) is 7.00. The lowest BCUT2D eigenvalue weighted by molar-refractivity contribution is -0.167. The smallest absolute Gasteiger partial charge is 0.306 e. The van der Waals surface area contributed by atoms with Gasteiger partial charge in [-0.05, 0) is 51.4 Å². The molecule has 328 valence electrons. The summed E-state index contributed by atoms with van der Waals surface area (Å²) in [6, 6.07) is 0. The highest BCUT2D eigenvalue weighted by Gasteiger charge is 2.19. The van der Waals surface area contributed by atoms with Crippen LogP contribution in [0.5, 0.6) is 0 Å². The quantitative estimate of drug-likeness (QED) is 0.0265. The molecule has 0 amide bonds. The molecule has 0 heterocycles. The van der Waals surface area contributed by atoms with Crippen molar-refractivity contribution < 1.29 is 28.6 Å². The average Bonchev–Trinajstić information content (AvgIpc) is 3.19. The van der Waals surface area contributed by atoms with Crippen LogP contribution in [0.25, 0.3) is 0 Å². The number of esters is 3. The summed E-state index contributed by atoms with van der Waals surface area (Å²) in [5.41, 5.74) is 0. The van der Waals surface area contributed by atoms with E-state index < -0.39 is 6.10 Å². The Kier molecular flexibility index (Phi) is 43.9. The van der Waals surface area contributed by atoms with Crippen molar-refractivity contribution in [2.75, 3.05) is 13.2 Å². The second-order valence-corrected chi connectivity index (χ2v) is 16.4. The normalized spacial score (nSPS) is 12.1. The second kappa shape index (κ2) is 45.6. The number of hydrogen-bond acceptors (Lipinski definition) is 6. The molecular formula is C50H92O6. The summed E-state index contributed by atoms with van der Waals surface area (Å²) in [7, 11) is 0. The Morgan fingerprint density at radius 3 is 0.982 bits per heavy atom. The first-order chi connectivity index (χ1) is 27.5. The Morgan fingerprint density at radius 2 is 0.643 bits per heavy atom. The first-order valence-corrected chi connectivity index (χ1v) is 24.3. The maximum Gasteiger partial charge on any atom is 0.306 e. The maximum absolute atomic E-state index is 12.7. The summed E-state index contributed by atoms with van der Waals surface area (Å²) in [5.74, 6) is -0.880. The minimum absolute atomic E-state index is 0.0705. The van der Waals surface area contributed by atoms with Gasteiger partial charge in [0.25, 0.3) is 0 Å². The lowest BCUT2D eigenvalue weighted by atomic mass is 10.0. The fourth-order valence-corrected chi connectivity index (χ4v) is 7.00. The summed E-state index contributed by atoms with van der Waals surface area (Å²) in [6.07, 6.45) is 50.5. The first-order valence-electron chi connectivity index (χ1n) is 24.3. The Labute approximate surface area is 347 Å². The molecule has 0 aliphatic carbocycles. The van der Waals surface area contributed by atoms with Gasteiger partial charge in [-0.15, -0.1) is 0 Å². The van der Waals surface area contributed by atoms with Gasteiger partial charge in [0.1, 0.15) is 13.2 Å². The zero-order valence-corrected chi connectivity index (χ0v) is 37.4. The first kappa shape index (κ1) is 53.9. The third kappa shape index (κ3) is 43.0. The molecule has 0 aromatic carbocycles. The molecule has 0 saturated carbocycles.